The molecule has 1 N–H and O–H groups in total. The van der Waals surface area contributed by atoms with Gasteiger partial charge in [-0.15, -0.1) is 0 Å². The Bertz CT molecular complexity index is 1160. The second-order valence-electron chi connectivity index (χ2n) is 8.64. The molecule has 1 fully saturated rings. The van der Waals surface area contributed by atoms with Crippen LogP contribution >= 0.6 is 0 Å². The number of amides is 1. The van der Waals surface area contributed by atoms with Crippen molar-refractivity contribution in [2.45, 2.75) is 31.7 Å². The van der Waals surface area contributed by atoms with Gasteiger partial charge in [-0.1, -0.05) is 12.1 Å². The van der Waals surface area contributed by atoms with Gasteiger partial charge in [0.05, 0.1) is 18.5 Å². The van der Waals surface area contributed by atoms with E-state index in [4.69, 9.17) is 4.74 Å². The van der Waals surface area contributed by atoms with E-state index >= 15 is 0 Å². The minimum Gasteiger partial charge on any atom is -0.492 e. The first-order chi connectivity index (χ1) is 15.5. The molecular formula is C25H25N3O4. The van der Waals surface area contributed by atoms with Crippen molar-refractivity contribution in [3.05, 3.63) is 71.7 Å². The Morgan fingerprint density at radius 1 is 1.16 bits per heavy atom. The fourth-order valence-corrected chi connectivity index (χ4v) is 4.25. The average molecular weight is 431 g/mol. The Hall–Kier alpha value is -3.61. The van der Waals surface area contributed by atoms with E-state index in [1.807, 2.05) is 31.3 Å². The van der Waals surface area contributed by atoms with Crippen molar-refractivity contribution in [2.75, 3.05) is 13.7 Å². The topological polar surface area (TPSA) is 84.7 Å². The monoisotopic (exact) mass is 431 g/mol. The van der Waals surface area contributed by atoms with Crippen molar-refractivity contribution in [3.63, 3.8) is 0 Å². The highest BCUT2D eigenvalue weighted by atomic mass is 16.5. The van der Waals surface area contributed by atoms with E-state index in [-0.39, 0.29) is 11.9 Å². The first kappa shape index (κ1) is 20.3. The number of carbonyl (C=O) groups excluding carboxylic acids is 1. The van der Waals surface area contributed by atoms with E-state index in [9.17, 15) is 14.7 Å². The Morgan fingerprint density at radius 3 is 2.69 bits per heavy atom. The van der Waals surface area contributed by atoms with Gasteiger partial charge in [-0.25, -0.2) is 9.78 Å². The molecule has 0 radical (unpaired) electrons. The number of rotatable bonds is 6. The first-order valence-electron chi connectivity index (χ1n) is 10.9. The molecular weight excluding hydrogens is 406 g/mol. The predicted molar refractivity (Wildman–Crippen MR) is 119 cm³/mol. The molecule has 5 rings (SSSR count). The summed E-state index contributed by atoms with van der Waals surface area (Å²) in [5.41, 5.74) is 4.23. The molecule has 1 amide bonds. The van der Waals surface area contributed by atoms with E-state index in [0.29, 0.717) is 29.7 Å². The van der Waals surface area contributed by atoms with Crippen molar-refractivity contribution in [3.8, 4) is 17.0 Å². The van der Waals surface area contributed by atoms with E-state index < -0.39 is 6.09 Å². The normalized spacial score (nSPS) is 17.1. The molecule has 7 heteroatoms. The molecule has 0 unspecified atom stereocenters. The van der Waals surface area contributed by atoms with Gasteiger partial charge >= 0.3 is 6.09 Å². The molecule has 0 saturated heterocycles. The summed E-state index contributed by atoms with van der Waals surface area (Å²) in [7, 11) is 1.81. The van der Waals surface area contributed by atoms with Crippen molar-refractivity contribution < 1.29 is 19.4 Å². The summed E-state index contributed by atoms with van der Waals surface area (Å²) in [4.78, 5) is 30.5. The zero-order valence-corrected chi connectivity index (χ0v) is 17.9. The smallest absolute Gasteiger partial charge is 0.415 e. The molecule has 7 nitrogen and oxygen atoms in total. The van der Waals surface area contributed by atoms with Gasteiger partial charge in [0.25, 0.3) is 5.91 Å². The second kappa shape index (κ2) is 8.15. The number of nitrogens with zero attached hydrogens (tertiary/aromatic N) is 3. The van der Waals surface area contributed by atoms with Crippen molar-refractivity contribution >= 4 is 12.0 Å². The highest BCUT2D eigenvalue weighted by Gasteiger charge is 2.29. The minimum absolute atomic E-state index is 0.0339. The highest BCUT2D eigenvalue weighted by Crippen LogP contribution is 2.31. The van der Waals surface area contributed by atoms with Crippen LogP contribution in [0.2, 0.25) is 0 Å². The molecule has 1 saturated carbocycles. The van der Waals surface area contributed by atoms with Gasteiger partial charge in [-0.05, 0) is 78.6 Å². The summed E-state index contributed by atoms with van der Waals surface area (Å²) in [6, 6.07) is 13.1. The third-order valence-corrected chi connectivity index (χ3v) is 6.37. The minimum atomic E-state index is -1.01. The third kappa shape index (κ3) is 3.98. The molecule has 2 aliphatic rings. The number of carbonyl (C=O) groups is 2. The molecule has 2 aromatic heterocycles. The summed E-state index contributed by atoms with van der Waals surface area (Å²) in [6.07, 6.45) is 6.10. The van der Waals surface area contributed by atoms with E-state index in [2.05, 4.69) is 4.98 Å². The summed E-state index contributed by atoms with van der Waals surface area (Å²) in [5, 5.41) is 9.37. The number of ether oxygens (including phenoxy) is 1. The van der Waals surface area contributed by atoms with Crippen LogP contribution in [0.3, 0.4) is 0 Å². The van der Waals surface area contributed by atoms with Crippen LogP contribution in [0.5, 0.6) is 5.75 Å². The van der Waals surface area contributed by atoms with E-state index in [1.165, 1.54) is 29.2 Å². The van der Waals surface area contributed by atoms with Crippen LogP contribution in [-0.2, 0) is 12.8 Å². The number of benzene rings is 1. The fraction of sp³-hybridized carbons (Fsp3) is 0.320. The molecule has 0 spiro atoms. The lowest BCUT2D eigenvalue weighted by Crippen LogP contribution is -2.38. The van der Waals surface area contributed by atoms with Gasteiger partial charge < -0.3 is 14.7 Å². The number of aromatic nitrogens is 2. The van der Waals surface area contributed by atoms with Crippen LogP contribution in [0.15, 0.2) is 54.9 Å². The average Bonchev–Trinajstić information content (AvgIpc) is 3.32. The van der Waals surface area contributed by atoms with Crippen LogP contribution in [-0.4, -0.2) is 51.3 Å². The molecule has 164 valence electrons. The Labute approximate surface area is 186 Å². The largest absolute Gasteiger partial charge is 0.492 e. The lowest BCUT2D eigenvalue weighted by molar-refractivity contribution is 0.0731. The van der Waals surface area contributed by atoms with Gasteiger partial charge in [0.2, 0.25) is 0 Å². The maximum absolute atomic E-state index is 13.0. The predicted octanol–water partition coefficient (Wildman–Crippen LogP) is 4.10. The number of carboxylic acid groups (broad SMARTS) is 1. The third-order valence-electron chi connectivity index (χ3n) is 6.37. The first-order valence-corrected chi connectivity index (χ1v) is 10.9. The number of hydrogen-bond acceptors (Lipinski definition) is 4. The Kier molecular flexibility index (Phi) is 5.17. The number of fused-ring (bicyclic) bond motifs is 1. The van der Waals surface area contributed by atoms with Crippen molar-refractivity contribution in [2.24, 2.45) is 5.92 Å². The summed E-state index contributed by atoms with van der Waals surface area (Å²) in [6.45, 7) is 0.717. The van der Waals surface area contributed by atoms with Gasteiger partial charge in [0, 0.05) is 19.3 Å². The van der Waals surface area contributed by atoms with E-state index in [1.54, 1.807) is 29.3 Å². The van der Waals surface area contributed by atoms with E-state index in [0.717, 1.165) is 24.0 Å². The van der Waals surface area contributed by atoms with Crippen LogP contribution in [0.4, 0.5) is 4.79 Å². The summed E-state index contributed by atoms with van der Waals surface area (Å²) >= 11 is 0. The van der Waals surface area contributed by atoms with Crippen LogP contribution < -0.4 is 4.74 Å². The van der Waals surface area contributed by atoms with Gasteiger partial charge in [0.15, 0.2) is 0 Å². The maximum Gasteiger partial charge on any atom is 0.415 e. The number of likely N-dealkylation sites (N-methyl/N-ethyl adjacent to an activating group) is 1. The van der Waals surface area contributed by atoms with Gasteiger partial charge in [0.1, 0.15) is 11.4 Å². The zero-order chi connectivity index (χ0) is 22.2. The molecule has 32 heavy (non-hydrogen) atoms. The van der Waals surface area contributed by atoms with Gasteiger partial charge in [-0.2, -0.15) is 0 Å². The van der Waals surface area contributed by atoms with Crippen molar-refractivity contribution in [1.82, 2.24) is 14.5 Å². The molecule has 2 heterocycles. The molecule has 0 bridgehead atoms. The Balaban J connectivity index is 1.27. The summed E-state index contributed by atoms with van der Waals surface area (Å²) < 4.78 is 6.92. The maximum atomic E-state index is 13.0. The number of hydrogen-bond donors (Lipinski definition) is 1. The fourth-order valence-electron chi connectivity index (χ4n) is 4.25. The molecule has 3 aromatic rings. The number of pyridine rings is 1. The van der Waals surface area contributed by atoms with Crippen LogP contribution in [0, 0.1) is 5.92 Å². The quantitative estimate of drug-likeness (QED) is 0.635. The molecule has 1 atom stereocenters. The molecule has 1 aromatic carbocycles. The standard InChI is InChI=1S/C25H25N3O4/c1-27(24(29)22-9-8-21(14-26-22)32-15-16-4-5-16)20-12-17-6-7-18(11-19(17)13-20)23-3-2-10-28(23)25(30)31/h2-3,6-11,14,16,20H,4-5,12-13,15H2,1H3,(H,30,31)/t20-/m1/s1. The van der Waals surface area contributed by atoms with Crippen LogP contribution in [0.25, 0.3) is 11.3 Å². The molecule has 2 aliphatic carbocycles. The lowest BCUT2D eigenvalue weighted by Gasteiger charge is -2.24. The second-order valence-corrected chi connectivity index (χ2v) is 8.64. The molecule has 0 aliphatic heterocycles. The van der Waals surface area contributed by atoms with Gasteiger partial charge in [-0.3, -0.25) is 9.36 Å². The summed E-state index contributed by atoms with van der Waals surface area (Å²) in [5.74, 6) is 1.25. The highest BCUT2D eigenvalue weighted by molar-refractivity contribution is 5.92. The lowest BCUT2D eigenvalue weighted by atomic mass is 10.0. The SMILES string of the molecule is CN(C(=O)c1ccc(OCC2CC2)cn1)[C@@H]1Cc2ccc(-c3cccn3C(=O)O)cc2C1. The Morgan fingerprint density at radius 2 is 1.97 bits per heavy atom. The van der Waals surface area contributed by atoms with Crippen LogP contribution in [0.1, 0.15) is 34.5 Å². The zero-order valence-electron chi connectivity index (χ0n) is 17.9. The van der Waals surface area contributed by atoms with Crippen molar-refractivity contribution in [1.29, 1.82) is 0 Å².